The van der Waals surface area contributed by atoms with Crippen molar-refractivity contribution in [2.75, 3.05) is 18.0 Å². The van der Waals surface area contributed by atoms with Crippen LogP contribution in [-0.2, 0) is 4.84 Å². The number of hydrogen-bond donors (Lipinski definition) is 0. The molecule has 0 aliphatic rings. The van der Waals surface area contributed by atoms with Gasteiger partial charge in [-0.05, 0) is 36.6 Å². The van der Waals surface area contributed by atoms with Gasteiger partial charge in [0, 0.05) is 30.9 Å². The monoisotopic (exact) mass is 369 g/mol. The van der Waals surface area contributed by atoms with Crippen LogP contribution in [0.3, 0.4) is 0 Å². The molecule has 0 aromatic heterocycles. The van der Waals surface area contributed by atoms with E-state index in [2.05, 4.69) is 23.9 Å². The summed E-state index contributed by atoms with van der Waals surface area (Å²) in [4.78, 5) is 29.3. The Kier molecular flexibility index (Phi) is 7.49. The molecule has 0 saturated carbocycles. The summed E-state index contributed by atoms with van der Waals surface area (Å²) in [6.45, 7) is 6.31. The van der Waals surface area contributed by atoms with E-state index < -0.39 is 10.9 Å². The fourth-order valence-corrected chi connectivity index (χ4v) is 2.62. The molecule has 27 heavy (non-hydrogen) atoms. The van der Waals surface area contributed by atoms with Crippen LogP contribution in [0, 0.1) is 10.1 Å². The van der Waals surface area contributed by atoms with Crippen LogP contribution in [0.1, 0.15) is 42.6 Å². The van der Waals surface area contributed by atoms with Crippen molar-refractivity contribution in [1.29, 1.82) is 0 Å². The van der Waals surface area contributed by atoms with E-state index in [0.717, 1.165) is 43.2 Å². The highest BCUT2D eigenvalue weighted by Gasteiger charge is 2.12. The predicted molar refractivity (Wildman–Crippen MR) is 105 cm³/mol. The third kappa shape index (κ3) is 5.91. The number of carbonyl (C=O) groups is 1. The third-order valence-electron chi connectivity index (χ3n) is 3.88. The van der Waals surface area contributed by atoms with E-state index in [9.17, 15) is 14.9 Å². The lowest BCUT2D eigenvalue weighted by Gasteiger charge is -2.23. The van der Waals surface area contributed by atoms with Crippen LogP contribution >= 0.6 is 0 Å². The summed E-state index contributed by atoms with van der Waals surface area (Å²) < 4.78 is 0. The Hall–Kier alpha value is -3.22. The van der Waals surface area contributed by atoms with E-state index in [1.165, 1.54) is 24.4 Å². The maximum absolute atomic E-state index is 11.9. The minimum absolute atomic E-state index is 0.0754. The Bertz CT molecular complexity index is 797. The van der Waals surface area contributed by atoms with Crippen molar-refractivity contribution < 1.29 is 14.6 Å². The fraction of sp³-hybridized carbons (Fsp3) is 0.300. The van der Waals surface area contributed by atoms with E-state index in [1.807, 2.05) is 24.3 Å². The van der Waals surface area contributed by atoms with Crippen LogP contribution in [0.25, 0.3) is 0 Å². The summed E-state index contributed by atoms with van der Waals surface area (Å²) in [6.07, 6.45) is 3.59. The highest BCUT2D eigenvalue weighted by atomic mass is 16.7. The zero-order valence-electron chi connectivity index (χ0n) is 15.5. The quantitative estimate of drug-likeness (QED) is 0.283. The number of carbonyl (C=O) groups excluding carboxylic acids is 1. The van der Waals surface area contributed by atoms with Gasteiger partial charge in [0.25, 0.3) is 5.69 Å². The molecule has 0 aliphatic carbocycles. The smallest absolute Gasteiger partial charge is 0.365 e. The molecule has 0 fully saturated rings. The van der Waals surface area contributed by atoms with Crippen molar-refractivity contribution in [2.24, 2.45) is 5.16 Å². The molecule has 0 amide bonds. The zero-order valence-corrected chi connectivity index (χ0v) is 15.5. The SMILES string of the molecule is CCCN(CCC)c1ccc(/C=N/OC(=O)c2cccc([N+](=O)[O-])c2)cc1. The van der Waals surface area contributed by atoms with Gasteiger partial charge in [-0.3, -0.25) is 10.1 Å². The minimum Gasteiger partial charge on any atom is -0.372 e. The van der Waals surface area contributed by atoms with Gasteiger partial charge in [0.15, 0.2) is 0 Å². The molecule has 0 saturated heterocycles. The van der Waals surface area contributed by atoms with E-state index in [-0.39, 0.29) is 11.3 Å². The van der Waals surface area contributed by atoms with Gasteiger partial charge < -0.3 is 9.74 Å². The first-order valence-corrected chi connectivity index (χ1v) is 8.89. The molecule has 7 heteroatoms. The van der Waals surface area contributed by atoms with E-state index in [0.29, 0.717) is 0 Å². The topological polar surface area (TPSA) is 85.0 Å². The molecule has 0 N–H and O–H groups in total. The van der Waals surface area contributed by atoms with E-state index in [4.69, 9.17) is 4.84 Å². The maximum Gasteiger partial charge on any atom is 0.365 e. The summed E-state index contributed by atoms with van der Waals surface area (Å²) >= 11 is 0. The normalized spacial score (nSPS) is 10.7. The zero-order chi connectivity index (χ0) is 19.6. The first-order chi connectivity index (χ1) is 13.0. The van der Waals surface area contributed by atoms with E-state index in [1.54, 1.807) is 0 Å². The van der Waals surface area contributed by atoms with Gasteiger partial charge in [0.1, 0.15) is 0 Å². The van der Waals surface area contributed by atoms with Gasteiger partial charge in [0.2, 0.25) is 0 Å². The van der Waals surface area contributed by atoms with Crippen molar-refractivity contribution in [1.82, 2.24) is 0 Å². The number of oxime groups is 1. The lowest BCUT2D eigenvalue weighted by molar-refractivity contribution is -0.384. The van der Waals surface area contributed by atoms with Gasteiger partial charge >= 0.3 is 5.97 Å². The second-order valence-electron chi connectivity index (χ2n) is 6.00. The third-order valence-corrected chi connectivity index (χ3v) is 3.88. The summed E-state index contributed by atoms with van der Waals surface area (Å²) in [6, 6.07) is 13.1. The molecule has 0 spiro atoms. The van der Waals surface area contributed by atoms with Crippen LogP contribution < -0.4 is 4.90 Å². The number of nitro groups is 1. The van der Waals surface area contributed by atoms with Crippen molar-refractivity contribution >= 4 is 23.6 Å². The van der Waals surface area contributed by atoms with Crippen LogP contribution in [0.5, 0.6) is 0 Å². The highest BCUT2D eigenvalue weighted by Crippen LogP contribution is 2.16. The van der Waals surface area contributed by atoms with Crippen LogP contribution in [0.4, 0.5) is 11.4 Å². The summed E-state index contributed by atoms with van der Waals surface area (Å²) in [5, 5.41) is 14.4. The number of benzene rings is 2. The number of hydrogen-bond acceptors (Lipinski definition) is 6. The summed E-state index contributed by atoms with van der Waals surface area (Å²) in [5.74, 6) is -0.747. The lowest BCUT2D eigenvalue weighted by Crippen LogP contribution is -2.24. The molecule has 2 aromatic rings. The molecular weight excluding hydrogens is 346 g/mol. The number of rotatable bonds is 9. The van der Waals surface area contributed by atoms with Gasteiger partial charge in [-0.25, -0.2) is 4.79 Å². The maximum atomic E-state index is 11.9. The summed E-state index contributed by atoms with van der Waals surface area (Å²) in [5.41, 5.74) is 1.84. The second kappa shape index (κ2) is 10.1. The molecule has 2 rings (SSSR count). The standard InChI is InChI=1S/C20H23N3O4/c1-3-12-22(13-4-2)18-10-8-16(9-11-18)15-21-27-20(24)17-6-5-7-19(14-17)23(25)26/h5-11,14-15H,3-4,12-13H2,1-2H3/b21-15+. The van der Waals surface area contributed by atoms with Crippen LogP contribution in [0.15, 0.2) is 53.7 Å². The largest absolute Gasteiger partial charge is 0.372 e. The van der Waals surface area contributed by atoms with Crippen molar-refractivity contribution in [3.8, 4) is 0 Å². The lowest BCUT2D eigenvalue weighted by atomic mass is 10.2. The molecule has 0 unspecified atom stereocenters. The van der Waals surface area contributed by atoms with Gasteiger partial charge in [-0.2, -0.15) is 0 Å². The number of non-ortho nitro benzene ring substituents is 1. The Balaban J connectivity index is 1.98. The average Bonchev–Trinajstić information content (AvgIpc) is 2.68. The first-order valence-electron chi connectivity index (χ1n) is 8.89. The average molecular weight is 369 g/mol. The predicted octanol–water partition coefficient (Wildman–Crippen LogP) is 4.41. The van der Waals surface area contributed by atoms with E-state index >= 15 is 0 Å². The Morgan fingerprint density at radius 1 is 1.15 bits per heavy atom. The molecular formula is C20H23N3O4. The van der Waals surface area contributed by atoms with Crippen molar-refractivity contribution in [2.45, 2.75) is 26.7 Å². The molecule has 0 bridgehead atoms. The minimum atomic E-state index is -0.747. The molecule has 0 atom stereocenters. The van der Waals surface area contributed by atoms with Gasteiger partial charge in [-0.1, -0.05) is 37.2 Å². The Morgan fingerprint density at radius 2 is 1.81 bits per heavy atom. The highest BCUT2D eigenvalue weighted by molar-refractivity contribution is 5.90. The molecule has 0 heterocycles. The molecule has 0 radical (unpaired) electrons. The van der Waals surface area contributed by atoms with Gasteiger partial charge in [-0.15, -0.1) is 0 Å². The molecule has 142 valence electrons. The fourth-order valence-electron chi connectivity index (χ4n) is 2.62. The Morgan fingerprint density at radius 3 is 2.41 bits per heavy atom. The molecule has 2 aromatic carbocycles. The van der Waals surface area contributed by atoms with Gasteiger partial charge in [0.05, 0.1) is 16.7 Å². The van der Waals surface area contributed by atoms with Crippen LogP contribution in [-0.4, -0.2) is 30.2 Å². The summed E-state index contributed by atoms with van der Waals surface area (Å²) in [7, 11) is 0. The number of nitro benzene ring substituents is 1. The number of anilines is 1. The Labute approximate surface area is 158 Å². The van der Waals surface area contributed by atoms with Crippen molar-refractivity contribution in [3.05, 3.63) is 69.8 Å². The molecule has 7 nitrogen and oxygen atoms in total. The second-order valence-corrected chi connectivity index (χ2v) is 6.00. The van der Waals surface area contributed by atoms with Crippen molar-refractivity contribution in [3.63, 3.8) is 0 Å². The number of nitrogens with zero attached hydrogens (tertiary/aromatic N) is 3. The first kappa shape index (κ1) is 20.1. The molecule has 0 aliphatic heterocycles. The van der Waals surface area contributed by atoms with Crippen LogP contribution in [0.2, 0.25) is 0 Å².